The van der Waals surface area contributed by atoms with Gasteiger partial charge in [0.05, 0.1) is 22.2 Å². The molecule has 4 rings (SSSR count). The van der Waals surface area contributed by atoms with Crippen LogP contribution in [0.4, 0.5) is 4.39 Å². The molecule has 2 aromatic carbocycles. The maximum atomic E-state index is 13.8. The normalized spacial score (nSPS) is 10.6. The highest BCUT2D eigenvalue weighted by Crippen LogP contribution is 2.26. The van der Waals surface area contributed by atoms with Gasteiger partial charge in [-0.15, -0.1) is 16.4 Å². The van der Waals surface area contributed by atoms with Gasteiger partial charge in [0.1, 0.15) is 5.82 Å². The standard InChI is InChI=1S/C22H16FN5OS/c1-27(14-16-9-7-15(13-24)8-10-16)22(29)20-25-21(19-6-3-11-30-19)28(26-20)18-5-2-4-17(23)12-18/h2-12H,14H2,1H3. The second kappa shape index (κ2) is 8.27. The number of halogens is 1. The molecule has 0 saturated heterocycles. The molecule has 30 heavy (non-hydrogen) atoms. The molecule has 1 amide bonds. The summed E-state index contributed by atoms with van der Waals surface area (Å²) in [6.07, 6.45) is 0. The number of hydrogen-bond donors (Lipinski definition) is 0. The third-order valence-electron chi connectivity index (χ3n) is 4.44. The van der Waals surface area contributed by atoms with Crippen LogP contribution in [0.15, 0.2) is 66.0 Å². The molecule has 0 aliphatic rings. The minimum absolute atomic E-state index is 0.0267. The van der Waals surface area contributed by atoms with Crippen LogP contribution in [-0.4, -0.2) is 32.6 Å². The van der Waals surface area contributed by atoms with Crippen LogP contribution in [0.1, 0.15) is 21.7 Å². The molecule has 0 N–H and O–H groups in total. The van der Waals surface area contributed by atoms with E-state index in [1.807, 2.05) is 17.5 Å². The van der Waals surface area contributed by atoms with Gasteiger partial charge in [-0.05, 0) is 47.3 Å². The van der Waals surface area contributed by atoms with E-state index in [1.165, 1.54) is 33.1 Å². The Hall–Kier alpha value is -3.83. The monoisotopic (exact) mass is 417 g/mol. The Balaban J connectivity index is 1.65. The van der Waals surface area contributed by atoms with Crippen molar-refractivity contribution in [3.63, 3.8) is 0 Å². The van der Waals surface area contributed by atoms with E-state index in [4.69, 9.17) is 5.26 Å². The summed E-state index contributed by atoms with van der Waals surface area (Å²) in [7, 11) is 1.66. The summed E-state index contributed by atoms with van der Waals surface area (Å²) in [5.74, 6) is -0.247. The molecule has 0 saturated carbocycles. The molecule has 2 heterocycles. The number of rotatable bonds is 5. The molecule has 0 atom stereocenters. The molecule has 0 aliphatic heterocycles. The van der Waals surface area contributed by atoms with Gasteiger partial charge in [0, 0.05) is 13.6 Å². The highest BCUT2D eigenvalue weighted by atomic mass is 32.1. The molecule has 4 aromatic rings. The smallest absolute Gasteiger partial charge is 0.293 e. The first-order valence-corrected chi connectivity index (χ1v) is 9.94. The van der Waals surface area contributed by atoms with Crippen LogP contribution in [0.25, 0.3) is 16.4 Å². The number of aromatic nitrogens is 3. The SMILES string of the molecule is CN(Cc1ccc(C#N)cc1)C(=O)c1nc(-c2cccs2)n(-c2cccc(F)c2)n1. The van der Waals surface area contributed by atoms with Crippen molar-refractivity contribution in [1.82, 2.24) is 19.7 Å². The van der Waals surface area contributed by atoms with E-state index in [2.05, 4.69) is 16.2 Å². The van der Waals surface area contributed by atoms with Crippen molar-refractivity contribution in [3.05, 3.63) is 88.8 Å². The van der Waals surface area contributed by atoms with Crippen LogP contribution in [0.3, 0.4) is 0 Å². The molecular weight excluding hydrogens is 401 g/mol. The topological polar surface area (TPSA) is 74.8 Å². The van der Waals surface area contributed by atoms with Crippen molar-refractivity contribution in [2.24, 2.45) is 0 Å². The number of amides is 1. The first-order valence-electron chi connectivity index (χ1n) is 9.06. The average Bonchev–Trinajstić information content (AvgIpc) is 3.43. The van der Waals surface area contributed by atoms with Crippen LogP contribution < -0.4 is 0 Å². The van der Waals surface area contributed by atoms with Crippen LogP contribution in [-0.2, 0) is 6.54 Å². The molecule has 0 unspecified atom stereocenters. The minimum atomic E-state index is -0.397. The van der Waals surface area contributed by atoms with Crippen LogP contribution in [0.5, 0.6) is 0 Å². The van der Waals surface area contributed by atoms with E-state index in [-0.39, 0.29) is 11.7 Å². The Morgan fingerprint density at radius 3 is 2.67 bits per heavy atom. The number of hydrogen-bond acceptors (Lipinski definition) is 5. The van der Waals surface area contributed by atoms with E-state index in [0.717, 1.165) is 10.4 Å². The van der Waals surface area contributed by atoms with E-state index < -0.39 is 5.82 Å². The molecule has 0 bridgehead atoms. The van der Waals surface area contributed by atoms with Gasteiger partial charge in [-0.1, -0.05) is 24.3 Å². The molecule has 0 spiro atoms. The zero-order valence-electron chi connectivity index (χ0n) is 16.0. The van der Waals surface area contributed by atoms with E-state index in [0.29, 0.717) is 23.6 Å². The first-order chi connectivity index (χ1) is 14.5. The summed E-state index contributed by atoms with van der Waals surface area (Å²) < 4.78 is 15.2. The van der Waals surface area contributed by atoms with Gasteiger partial charge < -0.3 is 4.90 Å². The van der Waals surface area contributed by atoms with Crippen molar-refractivity contribution in [2.75, 3.05) is 7.05 Å². The zero-order valence-corrected chi connectivity index (χ0v) is 16.8. The van der Waals surface area contributed by atoms with Crippen molar-refractivity contribution in [1.29, 1.82) is 5.26 Å². The summed E-state index contributed by atoms with van der Waals surface area (Å²) in [6, 6.07) is 18.8. The fraction of sp³-hybridized carbons (Fsp3) is 0.0909. The molecule has 0 radical (unpaired) electrons. The van der Waals surface area contributed by atoms with Crippen LogP contribution in [0, 0.1) is 17.1 Å². The minimum Gasteiger partial charge on any atom is -0.335 e. The zero-order chi connectivity index (χ0) is 21.1. The van der Waals surface area contributed by atoms with Crippen molar-refractivity contribution in [2.45, 2.75) is 6.54 Å². The first kappa shape index (κ1) is 19.5. The Kier molecular flexibility index (Phi) is 5.37. The lowest BCUT2D eigenvalue weighted by atomic mass is 10.1. The maximum absolute atomic E-state index is 13.8. The van der Waals surface area contributed by atoms with Gasteiger partial charge in [0.2, 0.25) is 5.82 Å². The summed E-state index contributed by atoms with van der Waals surface area (Å²) >= 11 is 1.46. The number of carbonyl (C=O) groups is 1. The summed E-state index contributed by atoms with van der Waals surface area (Å²) in [6.45, 7) is 0.341. The second-order valence-electron chi connectivity index (χ2n) is 6.60. The quantitative estimate of drug-likeness (QED) is 0.486. The Labute approximate surface area is 176 Å². The molecule has 8 heteroatoms. The lowest BCUT2D eigenvalue weighted by molar-refractivity contribution is 0.0773. The Morgan fingerprint density at radius 2 is 2.00 bits per heavy atom. The second-order valence-corrected chi connectivity index (χ2v) is 7.55. The molecule has 6 nitrogen and oxygen atoms in total. The maximum Gasteiger partial charge on any atom is 0.293 e. The summed E-state index contributed by atoms with van der Waals surface area (Å²) in [5, 5.41) is 15.2. The highest BCUT2D eigenvalue weighted by Gasteiger charge is 2.22. The van der Waals surface area contributed by atoms with Crippen LogP contribution in [0.2, 0.25) is 0 Å². The highest BCUT2D eigenvalue weighted by molar-refractivity contribution is 7.13. The lowest BCUT2D eigenvalue weighted by Crippen LogP contribution is -2.27. The molecule has 0 fully saturated rings. The number of nitriles is 1. The van der Waals surface area contributed by atoms with Crippen molar-refractivity contribution >= 4 is 17.2 Å². The van der Waals surface area contributed by atoms with Gasteiger partial charge in [0.15, 0.2) is 5.82 Å². The van der Waals surface area contributed by atoms with Crippen molar-refractivity contribution < 1.29 is 9.18 Å². The van der Waals surface area contributed by atoms with Gasteiger partial charge in [0.25, 0.3) is 5.91 Å². The molecule has 148 valence electrons. The van der Waals surface area contributed by atoms with Gasteiger partial charge >= 0.3 is 0 Å². The third-order valence-corrected chi connectivity index (χ3v) is 5.31. The average molecular weight is 417 g/mol. The van der Waals surface area contributed by atoms with E-state index in [9.17, 15) is 9.18 Å². The number of benzene rings is 2. The summed E-state index contributed by atoms with van der Waals surface area (Å²) in [5.41, 5.74) is 1.93. The Morgan fingerprint density at radius 1 is 1.20 bits per heavy atom. The fourth-order valence-corrected chi connectivity index (χ4v) is 3.66. The number of nitrogens with zero attached hydrogens (tertiary/aromatic N) is 5. The molecular formula is C22H16FN5OS. The summed E-state index contributed by atoms with van der Waals surface area (Å²) in [4.78, 5) is 19.7. The largest absolute Gasteiger partial charge is 0.335 e. The predicted octanol–water partition coefficient (Wildman–Crippen LogP) is 4.28. The van der Waals surface area contributed by atoms with Gasteiger partial charge in [-0.25, -0.2) is 14.1 Å². The van der Waals surface area contributed by atoms with Gasteiger partial charge in [-0.2, -0.15) is 5.26 Å². The Bertz CT molecular complexity index is 1230. The van der Waals surface area contributed by atoms with E-state index >= 15 is 0 Å². The van der Waals surface area contributed by atoms with Crippen molar-refractivity contribution in [3.8, 4) is 22.5 Å². The molecule has 0 aliphatic carbocycles. The molecule has 2 aromatic heterocycles. The number of thiophene rings is 1. The van der Waals surface area contributed by atoms with Crippen LogP contribution >= 0.6 is 11.3 Å². The predicted molar refractivity (Wildman–Crippen MR) is 112 cm³/mol. The van der Waals surface area contributed by atoms with Gasteiger partial charge in [-0.3, -0.25) is 4.79 Å². The lowest BCUT2D eigenvalue weighted by Gasteiger charge is -2.15. The van der Waals surface area contributed by atoms with E-state index in [1.54, 1.807) is 43.4 Å². The third kappa shape index (κ3) is 3.97. The number of carbonyl (C=O) groups excluding carboxylic acids is 1. The fourth-order valence-electron chi connectivity index (χ4n) is 2.96.